The summed E-state index contributed by atoms with van der Waals surface area (Å²) in [5, 5.41) is 3.19. The van der Waals surface area contributed by atoms with Crippen molar-refractivity contribution >= 4 is 0 Å². The molecule has 1 aromatic rings. The molecule has 0 saturated carbocycles. The van der Waals surface area contributed by atoms with E-state index in [1.165, 1.54) is 18.2 Å². The maximum absolute atomic E-state index is 13.8. The average molecular weight is 283 g/mol. The quantitative estimate of drug-likeness (QED) is 0.817. The highest BCUT2D eigenvalue weighted by Gasteiger charge is 2.20. The number of benzene rings is 1. The number of ether oxygens (including phenoxy) is 1. The van der Waals surface area contributed by atoms with Crippen molar-refractivity contribution in [2.24, 2.45) is 0 Å². The monoisotopic (exact) mass is 283 g/mol. The lowest BCUT2D eigenvalue weighted by molar-refractivity contribution is 0.101. The van der Waals surface area contributed by atoms with Gasteiger partial charge in [0.1, 0.15) is 11.6 Å². The van der Waals surface area contributed by atoms with Crippen molar-refractivity contribution in [3.05, 3.63) is 35.4 Å². The summed E-state index contributed by atoms with van der Waals surface area (Å²) in [4.78, 5) is 0. The minimum absolute atomic E-state index is 0.168. The third kappa shape index (κ3) is 4.00. The molecule has 1 saturated heterocycles. The topological polar surface area (TPSA) is 21.3 Å². The Morgan fingerprint density at radius 2 is 2.10 bits per heavy atom. The molecule has 2 nitrogen and oxygen atoms in total. The lowest BCUT2D eigenvalue weighted by Crippen LogP contribution is -2.23. The Hall–Kier alpha value is -1.00. The highest BCUT2D eigenvalue weighted by molar-refractivity contribution is 5.23. The lowest BCUT2D eigenvalue weighted by atomic mass is 9.98. The Morgan fingerprint density at radius 3 is 2.70 bits per heavy atom. The Labute approximate surface area is 119 Å². The van der Waals surface area contributed by atoms with Gasteiger partial charge in [0.25, 0.3) is 0 Å². The molecule has 1 N–H and O–H groups in total. The number of hydrogen-bond acceptors (Lipinski definition) is 2. The molecule has 0 bridgehead atoms. The van der Waals surface area contributed by atoms with Crippen LogP contribution in [0.15, 0.2) is 18.2 Å². The Kier molecular flexibility index (Phi) is 5.92. The Balaban J connectivity index is 1.95. The number of nitrogens with one attached hydrogen (secondary N) is 1. The van der Waals surface area contributed by atoms with E-state index in [4.69, 9.17) is 4.74 Å². The van der Waals surface area contributed by atoms with E-state index in [0.717, 1.165) is 38.7 Å². The summed E-state index contributed by atoms with van der Waals surface area (Å²) in [6.45, 7) is 3.49. The number of hydrogen-bond donors (Lipinski definition) is 1. The van der Waals surface area contributed by atoms with Gasteiger partial charge in [0, 0.05) is 18.2 Å². The molecule has 1 aliphatic heterocycles. The molecule has 0 aromatic heterocycles. The van der Waals surface area contributed by atoms with E-state index in [1.807, 2.05) is 6.92 Å². The van der Waals surface area contributed by atoms with Crippen LogP contribution in [0.25, 0.3) is 0 Å². The van der Waals surface area contributed by atoms with E-state index in [2.05, 4.69) is 5.32 Å². The van der Waals surface area contributed by atoms with Crippen molar-refractivity contribution < 1.29 is 13.5 Å². The Bertz CT molecular complexity index is 399. The zero-order chi connectivity index (χ0) is 14.4. The Morgan fingerprint density at radius 1 is 1.35 bits per heavy atom. The van der Waals surface area contributed by atoms with Crippen LogP contribution in [0, 0.1) is 11.6 Å². The summed E-state index contributed by atoms with van der Waals surface area (Å²) >= 11 is 0. The van der Waals surface area contributed by atoms with Gasteiger partial charge in [-0.3, -0.25) is 0 Å². The van der Waals surface area contributed by atoms with Crippen molar-refractivity contribution in [1.82, 2.24) is 5.32 Å². The number of rotatable bonds is 7. The molecule has 1 aliphatic rings. The van der Waals surface area contributed by atoms with Gasteiger partial charge in [0.2, 0.25) is 0 Å². The van der Waals surface area contributed by atoms with Crippen LogP contribution in [0.4, 0.5) is 8.78 Å². The van der Waals surface area contributed by atoms with Gasteiger partial charge < -0.3 is 10.1 Å². The second kappa shape index (κ2) is 7.70. The van der Waals surface area contributed by atoms with Gasteiger partial charge in [-0.2, -0.15) is 0 Å². The summed E-state index contributed by atoms with van der Waals surface area (Å²) in [6.07, 6.45) is 5.19. The van der Waals surface area contributed by atoms with E-state index in [1.54, 1.807) is 0 Å². The largest absolute Gasteiger partial charge is 0.378 e. The summed E-state index contributed by atoms with van der Waals surface area (Å²) in [6, 6.07) is 3.79. The molecular weight excluding hydrogens is 260 g/mol. The maximum Gasteiger partial charge on any atom is 0.130 e. The number of halogens is 2. The second-order valence-electron chi connectivity index (χ2n) is 5.31. The molecule has 20 heavy (non-hydrogen) atoms. The van der Waals surface area contributed by atoms with Crippen LogP contribution in [0.5, 0.6) is 0 Å². The van der Waals surface area contributed by atoms with E-state index in [9.17, 15) is 8.78 Å². The summed E-state index contributed by atoms with van der Waals surface area (Å²) in [5.41, 5.74) is 0.168. The van der Waals surface area contributed by atoms with Crippen LogP contribution in [0.3, 0.4) is 0 Å². The van der Waals surface area contributed by atoms with E-state index in [-0.39, 0.29) is 11.6 Å². The van der Waals surface area contributed by atoms with Gasteiger partial charge in [-0.05, 0) is 50.8 Å². The van der Waals surface area contributed by atoms with Crippen LogP contribution in [-0.2, 0) is 4.74 Å². The van der Waals surface area contributed by atoms with Gasteiger partial charge in [0.05, 0.1) is 6.10 Å². The minimum atomic E-state index is -0.465. The summed E-state index contributed by atoms with van der Waals surface area (Å²) in [7, 11) is 0. The van der Waals surface area contributed by atoms with E-state index >= 15 is 0 Å². The average Bonchev–Trinajstić information content (AvgIpc) is 2.91. The normalized spacial score (nSPS) is 20.2. The first-order chi connectivity index (χ1) is 9.72. The van der Waals surface area contributed by atoms with Gasteiger partial charge in [-0.25, -0.2) is 8.78 Å². The molecule has 0 amide bonds. The molecule has 1 heterocycles. The van der Waals surface area contributed by atoms with Gasteiger partial charge in [-0.1, -0.05) is 13.0 Å². The van der Waals surface area contributed by atoms with Crippen molar-refractivity contribution in [3.8, 4) is 0 Å². The maximum atomic E-state index is 13.8. The first kappa shape index (κ1) is 15.4. The predicted molar refractivity (Wildman–Crippen MR) is 75.6 cm³/mol. The molecule has 2 unspecified atom stereocenters. The summed E-state index contributed by atoms with van der Waals surface area (Å²) in [5.74, 6) is -0.930. The van der Waals surface area contributed by atoms with Crippen LogP contribution in [0.1, 0.15) is 50.6 Å². The van der Waals surface area contributed by atoms with Gasteiger partial charge in [0.15, 0.2) is 0 Å². The molecular formula is C16H23F2NO. The molecule has 0 radical (unpaired) electrons. The van der Waals surface area contributed by atoms with E-state index < -0.39 is 11.6 Å². The molecule has 0 spiro atoms. The molecule has 1 fully saturated rings. The highest BCUT2D eigenvalue weighted by atomic mass is 19.1. The SMILES string of the molecule is CCNC(CCCC1CCCO1)c1c(F)cccc1F. The first-order valence-electron chi connectivity index (χ1n) is 7.51. The second-order valence-corrected chi connectivity index (χ2v) is 5.31. The highest BCUT2D eigenvalue weighted by Crippen LogP contribution is 2.26. The van der Waals surface area contributed by atoms with Crippen molar-refractivity contribution in [2.45, 2.75) is 51.2 Å². The molecule has 4 heteroatoms. The zero-order valence-corrected chi connectivity index (χ0v) is 12.0. The third-order valence-electron chi connectivity index (χ3n) is 3.84. The fourth-order valence-electron chi connectivity index (χ4n) is 2.86. The molecule has 2 rings (SSSR count). The van der Waals surface area contributed by atoms with Crippen LogP contribution < -0.4 is 5.32 Å². The van der Waals surface area contributed by atoms with Crippen molar-refractivity contribution in [3.63, 3.8) is 0 Å². The molecule has 112 valence electrons. The van der Waals surface area contributed by atoms with Crippen LogP contribution in [-0.4, -0.2) is 19.3 Å². The summed E-state index contributed by atoms with van der Waals surface area (Å²) < 4.78 is 33.3. The molecule has 0 aliphatic carbocycles. The fourth-order valence-corrected chi connectivity index (χ4v) is 2.86. The van der Waals surface area contributed by atoms with Gasteiger partial charge in [-0.15, -0.1) is 0 Å². The van der Waals surface area contributed by atoms with Crippen molar-refractivity contribution in [1.29, 1.82) is 0 Å². The zero-order valence-electron chi connectivity index (χ0n) is 12.0. The molecule has 2 atom stereocenters. The minimum Gasteiger partial charge on any atom is -0.378 e. The fraction of sp³-hybridized carbons (Fsp3) is 0.625. The van der Waals surface area contributed by atoms with Crippen molar-refractivity contribution in [2.75, 3.05) is 13.2 Å². The van der Waals surface area contributed by atoms with Gasteiger partial charge >= 0.3 is 0 Å². The lowest BCUT2D eigenvalue weighted by Gasteiger charge is -2.20. The predicted octanol–water partition coefficient (Wildman–Crippen LogP) is 3.96. The smallest absolute Gasteiger partial charge is 0.130 e. The standard InChI is InChI=1S/C16H23F2NO/c1-2-19-15(10-3-6-12-7-5-11-20-12)16-13(17)8-4-9-14(16)18/h4,8-9,12,15,19H,2-3,5-7,10-11H2,1H3. The first-order valence-corrected chi connectivity index (χ1v) is 7.51. The van der Waals surface area contributed by atoms with Crippen LogP contribution >= 0.6 is 0 Å². The molecule has 1 aromatic carbocycles. The van der Waals surface area contributed by atoms with E-state index in [0.29, 0.717) is 12.6 Å². The van der Waals surface area contributed by atoms with Crippen LogP contribution in [0.2, 0.25) is 0 Å². The third-order valence-corrected chi connectivity index (χ3v) is 3.84.